The fraction of sp³-hybridized carbons (Fsp3) is 0.517. The number of carbonyl (C=O) groups is 2. The number of rotatable bonds is 9. The van der Waals surface area contributed by atoms with Crippen molar-refractivity contribution in [3.63, 3.8) is 0 Å². The van der Waals surface area contributed by atoms with Gasteiger partial charge in [-0.2, -0.15) is 0 Å². The van der Waals surface area contributed by atoms with Gasteiger partial charge in [0.25, 0.3) is 5.91 Å². The minimum Gasteiger partial charge on any atom is -0.356 e. The molecule has 2 saturated heterocycles. The number of hydrogen-bond acceptors (Lipinski definition) is 5. The minimum atomic E-state index is -1.75. The van der Waals surface area contributed by atoms with Gasteiger partial charge in [-0.25, -0.2) is 13.2 Å². The van der Waals surface area contributed by atoms with Gasteiger partial charge in [-0.15, -0.1) is 11.8 Å². The number of nitrogens with one attached hydrogen (secondary N) is 3. The number of nitrogens with zero attached hydrogens (tertiary/aromatic N) is 1. The van der Waals surface area contributed by atoms with E-state index < -0.39 is 12.7 Å². The molecule has 4 rings (SSSR count). The largest absolute Gasteiger partial charge is 0.356 e. The highest BCUT2D eigenvalue weighted by Crippen LogP contribution is 2.27. The molecule has 0 unspecified atom stereocenters. The molecule has 0 saturated carbocycles. The Kier molecular flexibility index (Phi) is 17.2. The number of hydrogen-bond donors (Lipinski definition) is 3. The average molecular weight is 636 g/mol. The molecule has 12 heteroatoms. The Labute approximate surface area is 255 Å². The summed E-state index contributed by atoms with van der Waals surface area (Å²) in [6, 6.07) is 8.88. The number of carbonyl (C=O) groups excluding carboxylic acids is 2. The number of piperidine rings is 2. The first-order valence-corrected chi connectivity index (χ1v) is 15.5. The minimum absolute atomic E-state index is 0.224. The fourth-order valence-corrected chi connectivity index (χ4v) is 5.83. The van der Waals surface area contributed by atoms with E-state index in [2.05, 4.69) is 27.8 Å². The lowest BCUT2D eigenvalue weighted by Gasteiger charge is -2.27. The Bertz CT molecular complexity index is 1070. The van der Waals surface area contributed by atoms with Crippen LogP contribution in [0.15, 0.2) is 35.2 Å². The lowest BCUT2D eigenvalue weighted by atomic mass is 10.1. The molecule has 0 spiro atoms. The molecule has 2 fully saturated rings. The van der Waals surface area contributed by atoms with Gasteiger partial charge in [0.05, 0.1) is 0 Å². The van der Waals surface area contributed by atoms with E-state index in [1.807, 2.05) is 18.2 Å². The molecule has 0 atom stereocenters. The number of thioether (sulfide) groups is 1. The van der Waals surface area contributed by atoms with Crippen LogP contribution in [0.2, 0.25) is 10.0 Å². The van der Waals surface area contributed by atoms with Crippen LogP contribution in [0.5, 0.6) is 0 Å². The summed E-state index contributed by atoms with van der Waals surface area (Å²) in [5, 5.41) is 9.74. The van der Waals surface area contributed by atoms with Gasteiger partial charge in [0.15, 0.2) is 0 Å². The van der Waals surface area contributed by atoms with Crippen LogP contribution in [0, 0.1) is 5.82 Å². The highest BCUT2D eigenvalue weighted by atomic mass is 35.5. The topological polar surface area (TPSA) is 73.5 Å². The molecule has 0 aromatic heterocycles. The van der Waals surface area contributed by atoms with Crippen molar-refractivity contribution in [2.45, 2.75) is 63.1 Å². The van der Waals surface area contributed by atoms with Gasteiger partial charge in [0.2, 0.25) is 13.3 Å². The third-order valence-electron chi connectivity index (χ3n) is 6.64. The molecular weight excluding hydrogens is 596 g/mol. The Morgan fingerprint density at radius 3 is 2.41 bits per heavy atom. The van der Waals surface area contributed by atoms with Crippen LogP contribution in [-0.4, -0.2) is 62.1 Å². The van der Waals surface area contributed by atoms with Crippen molar-refractivity contribution < 1.29 is 22.8 Å². The van der Waals surface area contributed by atoms with Gasteiger partial charge < -0.3 is 16.0 Å². The highest BCUT2D eigenvalue weighted by Gasteiger charge is 2.18. The second-order valence-corrected chi connectivity index (χ2v) is 11.7. The lowest BCUT2D eigenvalue weighted by molar-refractivity contribution is -0.110. The molecular formula is C29H39Cl2F3N4O2S. The van der Waals surface area contributed by atoms with E-state index in [0.29, 0.717) is 34.7 Å². The van der Waals surface area contributed by atoms with Crippen molar-refractivity contribution in [1.29, 1.82) is 0 Å². The Balaban J connectivity index is 0.000000408. The number of amides is 2. The average Bonchev–Trinajstić information content (AvgIpc) is 2.97. The molecule has 2 heterocycles. The zero-order chi connectivity index (χ0) is 30.0. The standard InChI is InChI=1S/C22H25Cl2FN2OS.C6H12N2O.CH2F2/c1-2-29-21-7-6-17(23)10-16(21)13-26-22(28)15-11-19(24)18(20(25)12-15)14-27-8-4-3-5-9-27;9-5-8-6-1-3-7-4-2-6;2-1-3/h6-7,10-12H,2-5,8-9,13-14H2,1H3,(H,26,28);5-7H,1-4H2,(H,8,9);1H2. The molecule has 2 aromatic rings. The molecule has 228 valence electrons. The number of halogens is 5. The van der Waals surface area contributed by atoms with Crippen molar-refractivity contribution in [3.05, 3.63) is 62.9 Å². The van der Waals surface area contributed by atoms with Gasteiger partial charge in [-0.3, -0.25) is 14.5 Å². The smallest absolute Gasteiger partial charge is 0.251 e. The molecule has 2 aliphatic rings. The van der Waals surface area contributed by atoms with Crippen LogP contribution < -0.4 is 16.0 Å². The molecule has 0 radical (unpaired) electrons. The van der Waals surface area contributed by atoms with Crippen LogP contribution >= 0.6 is 35.0 Å². The summed E-state index contributed by atoms with van der Waals surface area (Å²) in [6.07, 6.45) is 6.40. The molecule has 2 aromatic carbocycles. The molecule has 2 amide bonds. The van der Waals surface area contributed by atoms with E-state index in [4.69, 9.17) is 23.2 Å². The molecule has 3 N–H and O–H groups in total. The molecule has 6 nitrogen and oxygen atoms in total. The molecule has 41 heavy (non-hydrogen) atoms. The zero-order valence-corrected chi connectivity index (χ0v) is 25.6. The molecule has 0 bridgehead atoms. The predicted octanol–water partition coefficient (Wildman–Crippen LogP) is 6.53. The summed E-state index contributed by atoms with van der Waals surface area (Å²) in [7, 11) is 0. The van der Waals surface area contributed by atoms with Crippen LogP contribution in [0.3, 0.4) is 0 Å². The van der Waals surface area contributed by atoms with Crippen molar-refractivity contribution in [3.8, 4) is 0 Å². The summed E-state index contributed by atoms with van der Waals surface area (Å²) < 4.78 is 33.9. The van der Waals surface area contributed by atoms with Crippen LogP contribution in [-0.2, 0) is 17.9 Å². The van der Waals surface area contributed by atoms with Crippen LogP contribution in [0.25, 0.3) is 0 Å². The second-order valence-electron chi connectivity index (χ2n) is 9.53. The summed E-state index contributed by atoms with van der Waals surface area (Å²) in [5.41, 5.74) is 1.62. The van der Waals surface area contributed by atoms with E-state index in [-0.39, 0.29) is 11.5 Å². The SMILES string of the molecule is CCSc1ccc(Cl)cc1CNC(=O)c1cc(F)c(CN2CCCCC2)c(Cl)c1.FCF.O=CNC1CCNCC1. The first kappa shape index (κ1) is 35.2. The first-order chi connectivity index (χ1) is 19.8. The Hall–Kier alpha value is -1.98. The zero-order valence-electron chi connectivity index (χ0n) is 23.3. The van der Waals surface area contributed by atoms with Crippen molar-refractivity contribution in [1.82, 2.24) is 20.9 Å². The van der Waals surface area contributed by atoms with Gasteiger partial charge in [0.1, 0.15) is 5.82 Å². The van der Waals surface area contributed by atoms with Gasteiger partial charge in [-0.05, 0) is 93.5 Å². The molecule has 2 aliphatic heterocycles. The summed E-state index contributed by atoms with van der Waals surface area (Å²) in [4.78, 5) is 25.8. The van der Waals surface area contributed by atoms with E-state index in [9.17, 15) is 22.8 Å². The third kappa shape index (κ3) is 12.8. The van der Waals surface area contributed by atoms with Crippen LogP contribution in [0.1, 0.15) is 60.5 Å². The third-order valence-corrected chi connectivity index (χ3v) is 8.21. The summed E-state index contributed by atoms with van der Waals surface area (Å²) in [5.74, 6) is 0.128. The number of alkyl halides is 2. The number of benzene rings is 2. The summed E-state index contributed by atoms with van der Waals surface area (Å²) in [6.45, 7) is 5.09. The monoisotopic (exact) mass is 634 g/mol. The van der Waals surface area contributed by atoms with Gasteiger partial charge in [-0.1, -0.05) is 36.5 Å². The van der Waals surface area contributed by atoms with E-state index in [1.165, 1.54) is 12.5 Å². The summed E-state index contributed by atoms with van der Waals surface area (Å²) >= 11 is 14.1. The van der Waals surface area contributed by atoms with E-state index in [1.54, 1.807) is 17.8 Å². The van der Waals surface area contributed by atoms with Crippen molar-refractivity contribution >= 4 is 47.3 Å². The maximum atomic E-state index is 14.7. The fourth-order valence-electron chi connectivity index (χ4n) is 4.57. The van der Waals surface area contributed by atoms with E-state index in [0.717, 1.165) is 74.5 Å². The quantitative estimate of drug-likeness (QED) is 0.216. The maximum Gasteiger partial charge on any atom is 0.251 e. The van der Waals surface area contributed by atoms with Crippen molar-refractivity contribution in [2.24, 2.45) is 0 Å². The Morgan fingerprint density at radius 2 is 1.80 bits per heavy atom. The normalized spacial score (nSPS) is 15.6. The second kappa shape index (κ2) is 20.0. The van der Waals surface area contributed by atoms with Crippen molar-refractivity contribution in [2.75, 3.05) is 38.9 Å². The Morgan fingerprint density at radius 1 is 1.12 bits per heavy atom. The highest BCUT2D eigenvalue weighted by molar-refractivity contribution is 7.99. The first-order valence-electron chi connectivity index (χ1n) is 13.7. The van der Waals surface area contributed by atoms with Crippen LogP contribution in [0.4, 0.5) is 13.2 Å². The van der Waals surface area contributed by atoms with Gasteiger partial charge in [0, 0.05) is 45.2 Å². The maximum absolute atomic E-state index is 14.7. The number of likely N-dealkylation sites (tertiary alicyclic amines) is 1. The predicted molar refractivity (Wildman–Crippen MR) is 162 cm³/mol. The molecule has 0 aliphatic carbocycles. The van der Waals surface area contributed by atoms with E-state index >= 15 is 0 Å². The lowest BCUT2D eigenvalue weighted by Crippen LogP contribution is -2.39. The van der Waals surface area contributed by atoms with Gasteiger partial charge >= 0.3 is 0 Å².